The Bertz CT molecular complexity index is 965. The lowest BCUT2D eigenvalue weighted by atomic mass is 9.96. The SMILES string of the molecule is O=C(NCCc1ccc(F)cc1)C1CCN(c2nc3ccc(F)cc3s2)CC1. The van der Waals surface area contributed by atoms with Crippen LogP contribution in [0.2, 0.25) is 0 Å². The predicted molar refractivity (Wildman–Crippen MR) is 108 cm³/mol. The molecule has 0 saturated carbocycles. The molecule has 0 bridgehead atoms. The fraction of sp³-hybridized carbons (Fsp3) is 0.333. The van der Waals surface area contributed by atoms with Crippen LogP contribution in [-0.2, 0) is 11.2 Å². The van der Waals surface area contributed by atoms with Crippen molar-refractivity contribution < 1.29 is 13.6 Å². The molecule has 28 heavy (non-hydrogen) atoms. The quantitative estimate of drug-likeness (QED) is 0.699. The number of aromatic nitrogens is 1. The molecule has 0 spiro atoms. The molecule has 1 N–H and O–H groups in total. The van der Waals surface area contributed by atoms with E-state index in [4.69, 9.17) is 0 Å². The third kappa shape index (κ3) is 4.30. The molecule has 2 aromatic carbocycles. The van der Waals surface area contributed by atoms with Crippen LogP contribution < -0.4 is 10.2 Å². The number of nitrogens with zero attached hydrogens (tertiary/aromatic N) is 2. The summed E-state index contributed by atoms with van der Waals surface area (Å²) in [5, 5.41) is 3.88. The van der Waals surface area contributed by atoms with Crippen LogP contribution in [0.4, 0.5) is 13.9 Å². The fourth-order valence-electron chi connectivity index (χ4n) is 3.48. The van der Waals surface area contributed by atoms with Gasteiger partial charge in [0.25, 0.3) is 0 Å². The summed E-state index contributed by atoms with van der Waals surface area (Å²) in [6.45, 7) is 2.07. The van der Waals surface area contributed by atoms with Gasteiger partial charge in [0.05, 0.1) is 10.2 Å². The molecule has 0 unspecified atom stereocenters. The van der Waals surface area contributed by atoms with Crippen molar-refractivity contribution in [1.29, 1.82) is 0 Å². The first-order valence-electron chi connectivity index (χ1n) is 9.42. The summed E-state index contributed by atoms with van der Waals surface area (Å²) in [5.41, 5.74) is 1.81. The van der Waals surface area contributed by atoms with Crippen molar-refractivity contribution in [3.05, 3.63) is 59.7 Å². The molecular formula is C21H21F2N3OS. The fourth-order valence-corrected chi connectivity index (χ4v) is 4.52. The Balaban J connectivity index is 1.27. The number of hydrogen-bond donors (Lipinski definition) is 1. The molecule has 7 heteroatoms. The topological polar surface area (TPSA) is 45.2 Å². The minimum atomic E-state index is -0.252. The molecule has 0 aliphatic carbocycles. The highest BCUT2D eigenvalue weighted by molar-refractivity contribution is 7.22. The number of halogens is 2. The van der Waals surface area contributed by atoms with E-state index >= 15 is 0 Å². The van der Waals surface area contributed by atoms with E-state index in [2.05, 4.69) is 15.2 Å². The molecule has 1 aromatic heterocycles. The van der Waals surface area contributed by atoms with E-state index in [1.54, 1.807) is 18.2 Å². The number of carbonyl (C=O) groups excluding carboxylic acids is 1. The van der Waals surface area contributed by atoms with Gasteiger partial charge >= 0.3 is 0 Å². The molecule has 1 amide bonds. The number of rotatable bonds is 5. The Labute approximate surface area is 166 Å². The van der Waals surface area contributed by atoms with Crippen LogP contribution in [0, 0.1) is 17.6 Å². The van der Waals surface area contributed by atoms with Gasteiger partial charge in [0.2, 0.25) is 5.91 Å². The Hall–Kier alpha value is -2.54. The van der Waals surface area contributed by atoms with Crippen LogP contribution >= 0.6 is 11.3 Å². The van der Waals surface area contributed by atoms with Crippen LogP contribution in [0.1, 0.15) is 18.4 Å². The number of benzene rings is 2. The van der Waals surface area contributed by atoms with Gasteiger partial charge in [-0.3, -0.25) is 4.79 Å². The van der Waals surface area contributed by atoms with Gasteiger partial charge in [-0.2, -0.15) is 0 Å². The van der Waals surface area contributed by atoms with Gasteiger partial charge in [0, 0.05) is 25.6 Å². The average Bonchev–Trinajstić information content (AvgIpc) is 3.12. The highest BCUT2D eigenvalue weighted by Gasteiger charge is 2.26. The molecule has 3 aromatic rings. The van der Waals surface area contributed by atoms with Crippen molar-refractivity contribution in [3.63, 3.8) is 0 Å². The van der Waals surface area contributed by atoms with Crippen molar-refractivity contribution in [1.82, 2.24) is 10.3 Å². The Kier molecular flexibility index (Phi) is 5.52. The van der Waals surface area contributed by atoms with Gasteiger partial charge < -0.3 is 10.2 Å². The van der Waals surface area contributed by atoms with E-state index in [1.165, 1.54) is 35.6 Å². The second-order valence-electron chi connectivity index (χ2n) is 7.04. The zero-order valence-electron chi connectivity index (χ0n) is 15.3. The molecule has 0 radical (unpaired) electrons. The maximum absolute atomic E-state index is 13.4. The Morgan fingerprint density at radius 3 is 2.57 bits per heavy atom. The van der Waals surface area contributed by atoms with Gasteiger partial charge in [0.15, 0.2) is 5.13 Å². The minimum absolute atomic E-state index is 0.00343. The Morgan fingerprint density at radius 1 is 1.11 bits per heavy atom. The van der Waals surface area contributed by atoms with Crippen molar-refractivity contribution in [2.75, 3.05) is 24.5 Å². The molecule has 4 rings (SSSR count). The van der Waals surface area contributed by atoms with E-state index < -0.39 is 0 Å². The molecular weight excluding hydrogens is 380 g/mol. The van der Waals surface area contributed by atoms with Gasteiger partial charge in [-0.1, -0.05) is 23.5 Å². The molecule has 2 heterocycles. The molecule has 4 nitrogen and oxygen atoms in total. The number of nitrogens with one attached hydrogen (secondary N) is 1. The van der Waals surface area contributed by atoms with E-state index in [0.717, 1.165) is 46.8 Å². The van der Waals surface area contributed by atoms with Crippen LogP contribution in [0.15, 0.2) is 42.5 Å². The smallest absolute Gasteiger partial charge is 0.223 e. The summed E-state index contributed by atoms with van der Waals surface area (Å²) in [5.74, 6) is -0.430. The lowest BCUT2D eigenvalue weighted by molar-refractivity contribution is -0.125. The number of hydrogen-bond acceptors (Lipinski definition) is 4. The standard InChI is InChI=1S/C21H21F2N3OS/c22-16-3-1-14(2-4-16)7-10-24-20(27)15-8-11-26(12-9-15)21-25-18-6-5-17(23)13-19(18)28-21/h1-6,13,15H,7-12H2,(H,24,27). The lowest BCUT2D eigenvalue weighted by Gasteiger charge is -2.31. The number of anilines is 1. The minimum Gasteiger partial charge on any atom is -0.356 e. The zero-order valence-corrected chi connectivity index (χ0v) is 16.1. The number of piperidine rings is 1. The van der Waals surface area contributed by atoms with Gasteiger partial charge in [0.1, 0.15) is 11.6 Å². The van der Waals surface area contributed by atoms with Crippen LogP contribution in [0.3, 0.4) is 0 Å². The van der Waals surface area contributed by atoms with Crippen molar-refractivity contribution in [3.8, 4) is 0 Å². The lowest BCUT2D eigenvalue weighted by Crippen LogP contribution is -2.41. The summed E-state index contributed by atoms with van der Waals surface area (Å²) in [7, 11) is 0. The van der Waals surface area contributed by atoms with E-state index in [9.17, 15) is 13.6 Å². The summed E-state index contributed by atoms with van der Waals surface area (Å²) in [4.78, 5) is 19.2. The predicted octanol–water partition coefficient (Wildman–Crippen LogP) is 4.15. The Morgan fingerprint density at radius 2 is 1.82 bits per heavy atom. The van der Waals surface area contributed by atoms with E-state index in [0.29, 0.717) is 13.0 Å². The van der Waals surface area contributed by atoms with Crippen molar-refractivity contribution in [2.24, 2.45) is 5.92 Å². The summed E-state index contributed by atoms with van der Waals surface area (Å²) in [6, 6.07) is 11.0. The van der Waals surface area contributed by atoms with Crippen LogP contribution in [0.25, 0.3) is 10.2 Å². The summed E-state index contributed by atoms with van der Waals surface area (Å²) < 4.78 is 27.1. The maximum Gasteiger partial charge on any atom is 0.223 e. The third-order valence-electron chi connectivity index (χ3n) is 5.10. The number of thiazole rings is 1. The van der Waals surface area contributed by atoms with Crippen LogP contribution in [0.5, 0.6) is 0 Å². The zero-order chi connectivity index (χ0) is 19.5. The second kappa shape index (κ2) is 8.22. The monoisotopic (exact) mass is 401 g/mol. The number of fused-ring (bicyclic) bond motifs is 1. The normalized spacial score (nSPS) is 15.1. The number of carbonyl (C=O) groups is 1. The largest absolute Gasteiger partial charge is 0.356 e. The van der Waals surface area contributed by atoms with Crippen LogP contribution in [-0.4, -0.2) is 30.5 Å². The first-order valence-corrected chi connectivity index (χ1v) is 10.2. The third-order valence-corrected chi connectivity index (χ3v) is 6.18. The van der Waals surface area contributed by atoms with E-state index in [-0.39, 0.29) is 23.5 Å². The first-order chi connectivity index (χ1) is 13.6. The molecule has 146 valence electrons. The molecule has 1 fully saturated rings. The highest BCUT2D eigenvalue weighted by atomic mass is 32.1. The molecule has 0 atom stereocenters. The summed E-state index contributed by atoms with van der Waals surface area (Å²) in [6.07, 6.45) is 2.23. The first kappa shape index (κ1) is 18.8. The van der Waals surface area contributed by atoms with Gasteiger partial charge in [-0.05, 0) is 55.2 Å². The molecule has 1 saturated heterocycles. The highest BCUT2D eigenvalue weighted by Crippen LogP contribution is 2.31. The van der Waals surface area contributed by atoms with Crippen molar-refractivity contribution >= 4 is 32.6 Å². The van der Waals surface area contributed by atoms with Crippen molar-refractivity contribution in [2.45, 2.75) is 19.3 Å². The van der Waals surface area contributed by atoms with E-state index in [1.807, 2.05) is 0 Å². The maximum atomic E-state index is 13.4. The van der Waals surface area contributed by atoms with Gasteiger partial charge in [-0.25, -0.2) is 13.8 Å². The second-order valence-corrected chi connectivity index (χ2v) is 8.05. The average molecular weight is 401 g/mol. The molecule has 1 aliphatic heterocycles. The van der Waals surface area contributed by atoms with Gasteiger partial charge in [-0.15, -0.1) is 0 Å². The summed E-state index contributed by atoms with van der Waals surface area (Å²) >= 11 is 1.49. The molecule has 1 aliphatic rings. The number of amides is 1.